The Labute approximate surface area is 163 Å². The van der Waals surface area contributed by atoms with Gasteiger partial charge in [-0.25, -0.2) is 0 Å². The minimum absolute atomic E-state index is 0.0145. The normalized spacial score (nSPS) is 27.1. The van der Waals surface area contributed by atoms with E-state index < -0.39 is 59.9 Å². The highest BCUT2D eigenvalue weighted by molar-refractivity contribution is 7.86. The van der Waals surface area contributed by atoms with Crippen molar-refractivity contribution < 1.29 is 38.3 Å². The molecule has 1 unspecified atom stereocenters. The van der Waals surface area contributed by atoms with E-state index in [9.17, 15) is 23.1 Å². The first-order valence-electron chi connectivity index (χ1n) is 9.03. The molecule has 0 amide bonds. The SMILES string of the molecule is NC(CN(C1CC1)S(=O)(=O)N1C[C@H](CCCB(O)O)[C@](N)(C(=O)O)C1)C(=O)O. The van der Waals surface area contributed by atoms with Crippen molar-refractivity contribution in [3.8, 4) is 0 Å². The molecule has 3 atom stereocenters. The number of nitrogens with two attached hydrogens (primary N) is 2. The zero-order valence-corrected chi connectivity index (χ0v) is 16.2. The lowest BCUT2D eigenvalue weighted by Gasteiger charge is -2.29. The van der Waals surface area contributed by atoms with Gasteiger partial charge in [-0.2, -0.15) is 17.0 Å². The van der Waals surface area contributed by atoms with E-state index in [1.807, 2.05) is 0 Å². The Morgan fingerprint density at radius 3 is 2.36 bits per heavy atom. The summed E-state index contributed by atoms with van der Waals surface area (Å²) in [7, 11) is -5.70. The van der Waals surface area contributed by atoms with E-state index in [2.05, 4.69) is 0 Å². The van der Waals surface area contributed by atoms with E-state index >= 15 is 0 Å². The molecule has 0 spiro atoms. The van der Waals surface area contributed by atoms with Crippen LogP contribution in [0, 0.1) is 5.92 Å². The molecule has 160 valence electrons. The lowest BCUT2D eigenvalue weighted by molar-refractivity contribution is -0.144. The van der Waals surface area contributed by atoms with E-state index in [0.29, 0.717) is 12.8 Å². The van der Waals surface area contributed by atoms with Crippen LogP contribution in [0.15, 0.2) is 0 Å². The van der Waals surface area contributed by atoms with Crippen LogP contribution in [-0.4, -0.2) is 93.6 Å². The second-order valence-corrected chi connectivity index (χ2v) is 9.38. The van der Waals surface area contributed by atoms with Gasteiger partial charge in [-0.15, -0.1) is 0 Å². The molecule has 0 aromatic heterocycles. The summed E-state index contributed by atoms with van der Waals surface area (Å²) in [5, 5.41) is 36.5. The molecular weight excluding hydrogens is 395 g/mol. The molecule has 1 aliphatic carbocycles. The monoisotopic (exact) mass is 422 g/mol. The highest BCUT2D eigenvalue weighted by Gasteiger charge is 2.54. The molecule has 14 heteroatoms. The molecule has 0 aromatic carbocycles. The fraction of sp³-hybridized carbons (Fsp3) is 0.857. The molecule has 8 N–H and O–H groups in total. The van der Waals surface area contributed by atoms with Crippen LogP contribution in [0.2, 0.25) is 6.32 Å². The smallest absolute Gasteiger partial charge is 0.451 e. The summed E-state index contributed by atoms with van der Waals surface area (Å²) in [6, 6.07) is -1.77. The van der Waals surface area contributed by atoms with Gasteiger partial charge in [0.25, 0.3) is 10.2 Å². The van der Waals surface area contributed by atoms with Gasteiger partial charge >= 0.3 is 19.1 Å². The summed E-state index contributed by atoms with van der Waals surface area (Å²) in [5.74, 6) is -3.41. The van der Waals surface area contributed by atoms with Crippen molar-refractivity contribution in [2.75, 3.05) is 19.6 Å². The minimum atomic E-state index is -4.16. The summed E-state index contributed by atoms with van der Waals surface area (Å²) in [6.07, 6.45) is 1.62. The van der Waals surface area contributed by atoms with Crippen molar-refractivity contribution in [2.24, 2.45) is 17.4 Å². The Hall–Kier alpha value is -1.29. The average molecular weight is 422 g/mol. The maximum atomic E-state index is 13.1. The van der Waals surface area contributed by atoms with Gasteiger partial charge in [0.1, 0.15) is 11.6 Å². The molecule has 1 saturated carbocycles. The van der Waals surface area contributed by atoms with Crippen LogP contribution in [0.5, 0.6) is 0 Å². The number of carboxylic acids is 2. The van der Waals surface area contributed by atoms with Crippen molar-refractivity contribution in [3.63, 3.8) is 0 Å². The van der Waals surface area contributed by atoms with Crippen molar-refractivity contribution in [1.82, 2.24) is 8.61 Å². The predicted molar refractivity (Wildman–Crippen MR) is 98.1 cm³/mol. The van der Waals surface area contributed by atoms with Crippen LogP contribution < -0.4 is 11.5 Å². The van der Waals surface area contributed by atoms with Crippen LogP contribution in [0.3, 0.4) is 0 Å². The molecule has 0 radical (unpaired) electrons. The Morgan fingerprint density at radius 2 is 1.89 bits per heavy atom. The second-order valence-electron chi connectivity index (χ2n) is 7.50. The maximum absolute atomic E-state index is 13.1. The third-order valence-corrected chi connectivity index (χ3v) is 7.24. The number of aliphatic carboxylic acids is 2. The summed E-state index contributed by atoms with van der Waals surface area (Å²) < 4.78 is 28.2. The molecule has 28 heavy (non-hydrogen) atoms. The lowest BCUT2D eigenvalue weighted by Crippen LogP contribution is -2.56. The number of hydrogen-bond donors (Lipinski definition) is 6. The van der Waals surface area contributed by atoms with E-state index in [-0.39, 0.29) is 31.7 Å². The van der Waals surface area contributed by atoms with Crippen LogP contribution >= 0.6 is 0 Å². The molecule has 2 rings (SSSR count). The third-order valence-electron chi connectivity index (χ3n) is 5.27. The van der Waals surface area contributed by atoms with Crippen molar-refractivity contribution in [3.05, 3.63) is 0 Å². The standard InChI is InChI=1S/C14H27BN4O8S/c16-11(12(20)21)7-19(10-3-4-10)28(26,27)18-6-9(2-1-5-15(24)25)14(17,8-18)13(22)23/h9-11,24-25H,1-8,16-17H2,(H,20,21)(H,22,23)/t9-,11?,14-/m0/s1. The van der Waals surface area contributed by atoms with E-state index in [4.69, 9.17) is 26.6 Å². The third kappa shape index (κ3) is 5.00. The van der Waals surface area contributed by atoms with Gasteiger partial charge in [0.15, 0.2) is 0 Å². The molecule has 0 bridgehead atoms. The van der Waals surface area contributed by atoms with Gasteiger partial charge in [0.05, 0.1) is 0 Å². The fourth-order valence-electron chi connectivity index (χ4n) is 3.42. The van der Waals surface area contributed by atoms with Crippen molar-refractivity contribution in [1.29, 1.82) is 0 Å². The number of carbonyl (C=O) groups is 2. The number of hydrogen-bond acceptors (Lipinski definition) is 8. The second kappa shape index (κ2) is 8.61. The van der Waals surface area contributed by atoms with Gasteiger partial charge in [-0.3, -0.25) is 9.59 Å². The molecule has 2 aliphatic rings. The summed E-state index contributed by atoms with van der Waals surface area (Å²) in [4.78, 5) is 22.8. The minimum Gasteiger partial charge on any atom is -0.480 e. The molecule has 1 aliphatic heterocycles. The first-order chi connectivity index (χ1) is 12.9. The van der Waals surface area contributed by atoms with E-state index in [1.165, 1.54) is 0 Å². The van der Waals surface area contributed by atoms with Crippen LogP contribution in [0.25, 0.3) is 0 Å². The Kier molecular flexibility index (Phi) is 7.07. The summed E-state index contributed by atoms with van der Waals surface area (Å²) >= 11 is 0. The average Bonchev–Trinajstić information content (AvgIpc) is 3.35. The quantitative estimate of drug-likeness (QED) is 0.187. The van der Waals surface area contributed by atoms with Gasteiger partial charge in [-0.05, 0) is 25.6 Å². The topological polar surface area (TPSA) is 208 Å². The molecule has 1 saturated heterocycles. The number of rotatable bonds is 11. The molecule has 0 aromatic rings. The molecular formula is C14H27BN4O8S. The lowest BCUT2D eigenvalue weighted by atomic mass is 9.78. The Bertz CT molecular complexity index is 703. The van der Waals surface area contributed by atoms with Gasteiger partial charge in [0, 0.05) is 31.6 Å². The van der Waals surface area contributed by atoms with E-state index in [0.717, 1.165) is 8.61 Å². The molecule has 1 heterocycles. The highest BCUT2D eigenvalue weighted by atomic mass is 32.2. The zero-order chi connectivity index (χ0) is 21.3. The molecule has 2 fully saturated rings. The highest BCUT2D eigenvalue weighted by Crippen LogP contribution is 2.36. The maximum Gasteiger partial charge on any atom is 0.451 e. The number of nitrogens with zero attached hydrogens (tertiary/aromatic N) is 2. The number of carboxylic acid groups (broad SMARTS) is 2. The first kappa shape index (κ1) is 23.0. The molecule has 12 nitrogen and oxygen atoms in total. The Morgan fingerprint density at radius 1 is 1.29 bits per heavy atom. The fourth-order valence-corrected chi connectivity index (χ4v) is 5.40. The van der Waals surface area contributed by atoms with Crippen LogP contribution in [0.1, 0.15) is 25.7 Å². The van der Waals surface area contributed by atoms with E-state index in [1.54, 1.807) is 0 Å². The predicted octanol–water partition coefficient (Wildman–Crippen LogP) is -2.93. The summed E-state index contributed by atoms with van der Waals surface area (Å²) in [6.45, 7) is -1.02. The first-order valence-corrected chi connectivity index (χ1v) is 10.4. The Balaban J connectivity index is 2.19. The van der Waals surface area contributed by atoms with Crippen molar-refractivity contribution in [2.45, 2.75) is 49.6 Å². The van der Waals surface area contributed by atoms with Gasteiger partial charge in [0.2, 0.25) is 0 Å². The summed E-state index contributed by atoms with van der Waals surface area (Å²) in [5.41, 5.74) is 9.71. The van der Waals surface area contributed by atoms with Gasteiger partial charge in [-0.1, -0.05) is 6.42 Å². The van der Waals surface area contributed by atoms with Crippen LogP contribution in [0.4, 0.5) is 0 Å². The van der Waals surface area contributed by atoms with Gasteiger partial charge < -0.3 is 31.7 Å². The van der Waals surface area contributed by atoms with Crippen molar-refractivity contribution >= 4 is 29.3 Å². The van der Waals surface area contributed by atoms with Crippen LogP contribution in [-0.2, 0) is 19.8 Å². The largest absolute Gasteiger partial charge is 0.480 e. The zero-order valence-electron chi connectivity index (χ0n) is 15.3.